The van der Waals surface area contributed by atoms with Crippen LogP contribution in [0.3, 0.4) is 0 Å². The van der Waals surface area contributed by atoms with Gasteiger partial charge in [0.25, 0.3) is 0 Å². The molecule has 1 aromatic carbocycles. The number of rotatable bonds is 5. The average Bonchev–Trinajstić information content (AvgIpc) is 3.13. The molecule has 6 heteroatoms. The second-order valence-corrected chi connectivity index (χ2v) is 6.64. The van der Waals surface area contributed by atoms with Crippen LogP contribution in [0, 0.1) is 0 Å². The van der Waals surface area contributed by atoms with Crippen LogP contribution in [0.5, 0.6) is 0 Å². The van der Waals surface area contributed by atoms with Crippen molar-refractivity contribution in [2.24, 2.45) is 0 Å². The van der Waals surface area contributed by atoms with Gasteiger partial charge in [0, 0.05) is 38.8 Å². The molecule has 4 rings (SSSR count). The second kappa shape index (κ2) is 7.56. The summed E-state index contributed by atoms with van der Waals surface area (Å²) in [7, 11) is 0. The van der Waals surface area contributed by atoms with E-state index >= 15 is 0 Å². The number of nitrogens with zero attached hydrogens (tertiary/aromatic N) is 5. The lowest BCUT2D eigenvalue weighted by Gasteiger charge is -2.34. The van der Waals surface area contributed by atoms with Gasteiger partial charge in [-0.1, -0.05) is 36.4 Å². The quantitative estimate of drug-likeness (QED) is 0.710. The molecule has 0 atom stereocenters. The number of carbonyl (C=O) groups is 1. The summed E-state index contributed by atoms with van der Waals surface area (Å²) in [6.45, 7) is 3.07. The highest BCUT2D eigenvalue weighted by Crippen LogP contribution is 2.16. The number of hydrogen-bond acceptors (Lipinski definition) is 4. The first-order valence-corrected chi connectivity index (χ1v) is 9.18. The molecule has 0 unspecified atom stereocenters. The Bertz CT molecular complexity index is 868. The van der Waals surface area contributed by atoms with E-state index in [1.165, 1.54) is 5.56 Å². The number of aryl methyl sites for hydroxylation is 1. The molecule has 134 valence electrons. The van der Waals surface area contributed by atoms with Gasteiger partial charge in [0.05, 0.1) is 0 Å². The van der Waals surface area contributed by atoms with E-state index in [9.17, 15) is 4.79 Å². The number of fused-ring (bicyclic) bond motifs is 1. The van der Waals surface area contributed by atoms with Gasteiger partial charge in [-0.05, 0) is 30.5 Å². The largest absolute Gasteiger partial charge is 0.339 e. The zero-order valence-corrected chi connectivity index (χ0v) is 14.8. The first-order valence-electron chi connectivity index (χ1n) is 9.18. The molecule has 1 aliphatic rings. The molecule has 0 saturated carbocycles. The van der Waals surface area contributed by atoms with E-state index < -0.39 is 0 Å². The zero-order valence-electron chi connectivity index (χ0n) is 14.8. The average molecular weight is 349 g/mol. The minimum atomic E-state index is 0.256. The first-order chi connectivity index (χ1) is 12.8. The molecular formula is C20H23N5O. The van der Waals surface area contributed by atoms with E-state index in [1.54, 1.807) is 0 Å². The fourth-order valence-corrected chi connectivity index (χ4v) is 3.45. The van der Waals surface area contributed by atoms with Crippen LogP contribution in [0.4, 0.5) is 5.95 Å². The molecule has 1 saturated heterocycles. The Morgan fingerprint density at radius 2 is 1.69 bits per heavy atom. The van der Waals surface area contributed by atoms with Crippen LogP contribution in [0.15, 0.2) is 54.7 Å². The van der Waals surface area contributed by atoms with E-state index in [4.69, 9.17) is 0 Å². The van der Waals surface area contributed by atoms with Gasteiger partial charge in [-0.15, -0.1) is 10.2 Å². The molecule has 6 nitrogen and oxygen atoms in total. The normalized spacial score (nSPS) is 14.8. The molecule has 1 aliphatic heterocycles. The summed E-state index contributed by atoms with van der Waals surface area (Å²) in [6.07, 6.45) is 4.45. The lowest BCUT2D eigenvalue weighted by Crippen LogP contribution is -2.49. The number of carbonyl (C=O) groups excluding carboxylic acids is 1. The molecule has 0 spiro atoms. The van der Waals surface area contributed by atoms with Gasteiger partial charge >= 0.3 is 0 Å². The number of anilines is 1. The van der Waals surface area contributed by atoms with Gasteiger partial charge in [0.2, 0.25) is 11.9 Å². The molecule has 0 N–H and O–H groups in total. The summed E-state index contributed by atoms with van der Waals surface area (Å²) >= 11 is 0. The topological polar surface area (TPSA) is 53.7 Å². The zero-order chi connectivity index (χ0) is 17.8. The predicted molar refractivity (Wildman–Crippen MR) is 101 cm³/mol. The maximum absolute atomic E-state index is 12.5. The lowest BCUT2D eigenvalue weighted by atomic mass is 10.1. The monoisotopic (exact) mass is 349 g/mol. The summed E-state index contributed by atoms with van der Waals surface area (Å²) in [6, 6.07) is 16.2. The fraction of sp³-hybridized carbons (Fsp3) is 0.350. The standard InChI is InChI=1S/C20H23N5O/c26-19(11-6-9-17-7-2-1-3-8-17)23-13-15-24(16-14-23)20-22-21-18-10-4-5-12-25(18)20/h1-5,7-8,10,12H,6,9,11,13-16H2. The third kappa shape index (κ3) is 3.54. The van der Waals surface area contributed by atoms with Gasteiger partial charge < -0.3 is 9.80 Å². The van der Waals surface area contributed by atoms with Crippen molar-refractivity contribution in [3.8, 4) is 0 Å². The lowest BCUT2D eigenvalue weighted by molar-refractivity contribution is -0.131. The highest BCUT2D eigenvalue weighted by Gasteiger charge is 2.23. The molecule has 3 heterocycles. The molecule has 3 aromatic rings. The van der Waals surface area contributed by atoms with E-state index in [1.807, 2.05) is 51.9 Å². The van der Waals surface area contributed by atoms with Crippen molar-refractivity contribution in [2.75, 3.05) is 31.1 Å². The summed E-state index contributed by atoms with van der Waals surface area (Å²) in [5.41, 5.74) is 2.14. The second-order valence-electron chi connectivity index (χ2n) is 6.64. The van der Waals surface area contributed by atoms with Crippen LogP contribution in [-0.4, -0.2) is 51.6 Å². The first kappa shape index (κ1) is 16.6. The van der Waals surface area contributed by atoms with Crippen LogP contribution in [0.1, 0.15) is 18.4 Å². The third-order valence-electron chi connectivity index (χ3n) is 4.91. The summed E-state index contributed by atoms with van der Waals surface area (Å²) in [5, 5.41) is 8.52. The molecular weight excluding hydrogens is 326 g/mol. The SMILES string of the molecule is O=C(CCCc1ccccc1)N1CCN(c2nnc3ccccn23)CC1. The fourth-order valence-electron chi connectivity index (χ4n) is 3.45. The van der Waals surface area contributed by atoms with E-state index in [0.717, 1.165) is 50.6 Å². The number of benzene rings is 1. The molecule has 2 aromatic heterocycles. The number of hydrogen-bond donors (Lipinski definition) is 0. The minimum Gasteiger partial charge on any atom is -0.339 e. The van der Waals surface area contributed by atoms with Crippen molar-refractivity contribution in [3.63, 3.8) is 0 Å². The van der Waals surface area contributed by atoms with Gasteiger partial charge in [0.15, 0.2) is 5.65 Å². The maximum atomic E-state index is 12.5. The van der Waals surface area contributed by atoms with Crippen molar-refractivity contribution in [1.82, 2.24) is 19.5 Å². The Hall–Kier alpha value is -2.89. The Labute approximate surface area is 153 Å². The maximum Gasteiger partial charge on any atom is 0.231 e. The van der Waals surface area contributed by atoms with Gasteiger partial charge in [-0.25, -0.2) is 0 Å². The van der Waals surface area contributed by atoms with Crippen molar-refractivity contribution >= 4 is 17.5 Å². The predicted octanol–water partition coefficient (Wildman–Crippen LogP) is 2.40. The van der Waals surface area contributed by atoms with Gasteiger partial charge in [-0.2, -0.15) is 0 Å². The van der Waals surface area contributed by atoms with Gasteiger partial charge in [-0.3, -0.25) is 9.20 Å². The molecule has 26 heavy (non-hydrogen) atoms. The molecule has 1 amide bonds. The van der Waals surface area contributed by atoms with E-state index in [2.05, 4.69) is 27.2 Å². The van der Waals surface area contributed by atoms with Crippen molar-refractivity contribution in [2.45, 2.75) is 19.3 Å². The van der Waals surface area contributed by atoms with Crippen molar-refractivity contribution in [3.05, 3.63) is 60.3 Å². The highest BCUT2D eigenvalue weighted by atomic mass is 16.2. The summed E-state index contributed by atoms with van der Waals surface area (Å²) in [4.78, 5) is 16.6. The summed E-state index contributed by atoms with van der Waals surface area (Å²) < 4.78 is 2.00. The van der Waals surface area contributed by atoms with Gasteiger partial charge in [0.1, 0.15) is 0 Å². The Balaban J connectivity index is 1.28. The number of amides is 1. The van der Waals surface area contributed by atoms with Crippen LogP contribution >= 0.6 is 0 Å². The Morgan fingerprint density at radius 3 is 2.50 bits per heavy atom. The summed E-state index contributed by atoms with van der Waals surface area (Å²) in [5.74, 6) is 1.11. The minimum absolute atomic E-state index is 0.256. The van der Waals surface area contributed by atoms with E-state index in [0.29, 0.717) is 6.42 Å². The molecule has 0 bridgehead atoms. The molecule has 1 fully saturated rings. The number of pyridine rings is 1. The van der Waals surface area contributed by atoms with E-state index in [-0.39, 0.29) is 5.91 Å². The van der Waals surface area contributed by atoms with Crippen molar-refractivity contribution in [1.29, 1.82) is 0 Å². The third-order valence-corrected chi connectivity index (χ3v) is 4.91. The Kier molecular flexibility index (Phi) is 4.82. The number of aromatic nitrogens is 3. The van der Waals surface area contributed by atoms with Crippen LogP contribution in [-0.2, 0) is 11.2 Å². The Morgan fingerprint density at radius 1 is 0.923 bits per heavy atom. The smallest absolute Gasteiger partial charge is 0.231 e. The van der Waals surface area contributed by atoms with Crippen LogP contribution in [0.25, 0.3) is 5.65 Å². The molecule has 0 radical (unpaired) electrons. The number of piperazine rings is 1. The van der Waals surface area contributed by atoms with Crippen LogP contribution < -0.4 is 4.90 Å². The van der Waals surface area contributed by atoms with Crippen LogP contribution in [0.2, 0.25) is 0 Å². The molecule has 0 aliphatic carbocycles. The highest BCUT2D eigenvalue weighted by molar-refractivity contribution is 5.76. The van der Waals surface area contributed by atoms with Crippen molar-refractivity contribution < 1.29 is 4.79 Å².